The van der Waals surface area contributed by atoms with Crippen molar-refractivity contribution in [1.82, 2.24) is 10.4 Å². The number of pyridine rings is 1. The number of aromatic nitrogens is 1. The maximum atomic E-state index is 10.3. The Labute approximate surface area is 80.8 Å². The summed E-state index contributed by atoms with van der Waals surface area (Å²) in [5.74, 6) is 0.667. The van der Waals surface area contributed by atoms with Crippen LogP contribution >= 0.6 is 0 Å². The number of carbonyl (C=O) groups excluding carboxylic acids is 1. The first-order chi connectivity index (χ1) is 6.72. The van der Waals surface area contributed by atoms with Crippen molar-refractivity contribution < 1.29 is 9.53 Å². The minimum absolute atomic E-state index is 0.568. The zero-order valence-corrected chi connectivity index (χ0v) is 7.60. The fourth-order valence-corrected chi connectivity index (χ4v) is 0.788. The van der Waals surface area contributed by atoms with E-state index in [0.29, 0.717) is 11.4 Å². The Morgan fingerprint density at radius 3 is 3.21 bits per heavy atom. The highest BCUT2D eigenvalue weighted by Crippen LogP contribution is 2.07. The van der Waals surface area contributed by atoms with E-state index < -0.39 is 6.03 Å². The zero-order chi connectivity index (χ0) is 10.4. The molecule has 2 amide bonds. The van der Waals surface area contributed by atoms with Gasteiger partial charge in [0, 0.05) is 12.3 Å². The Hall–Kier alpha value is -2.11. The average molecular weight is 194 g/mol. The van der Waals surface area contributed by atoms with Gasteiger partial charge in [-0.1, -0.05) is 0 Å². The lowest BCUT2D eigenvalue weighted by atomic mass is 10.3. The second-order valence-electron chi connectivity index (χ2n) is 2.35. The molecule has 3 N–H and O–H groups in total. The third-order valence-corrected chi connectivity index (χ3v) is 1.36. The van der Waals surface area contributed by atoms with Crippen LogP contribution in [0.4, 0.5) is 4.79 Å². The molecular weight excluding hydrogens is 184 g/mol. The number of hydrogen-bond donors (Lipinski definition) is 2. The normalized spacial score (nSPS) is 10.1. The second kappa shape index (κ2) is 4.80. The van der Waals surface area contributed by atoms with Gasteiger partial charge in [-0.15, -0.1) is 0 Å². The Kier molecular flexibility index (Phi) is 3.42. The molecule has 0 fully saturated rings. The van der Waals surface area contributed by atoms with Crippen molar-refractivity contribution in [1.29, 1.82) is 0 Å². The van der Waals surface area contributed by atoms with Crippen LogP contribution < -0.4 is 15.9 Å². The first kappa shape index (κ1) is 9.97. The van der Waals surface area contributed by atoms with Crippen molar-refractivity contribution in [2.45, 2.75) is 0 Å². The zero-order valence-electron chi connectivity index (χ0n) is 7.60. The van der Waals surface area contributed by atoms with E-state index in [9.17, 15) is 4.79 Å². The molecule has 14 heavy (non-hydrogen) atoms. The van der Waals surface area contributed by atoms with Gasteiger partial charge in [0.2, 0.25) is 0 Å². The number of nitrogens with one attached hydrogen (secondary N) is 1. The van der Waals surface area contributed by atoms with Gasteiger partial charge in [-0.3, -0.25) is 4.98 Å². The van der Waals surface area contributed by atoms with Gasteiger partial charge in [0.1, 0.15) is 5.75 Å². The Bertz CT molecular complexity index is 351. The van der Waals surface area contributed by atoms with Crippen molar-refractivity contribution in [2.75, 3.05) is 7.11 Å². The Balaban J connectivity index is 2.66. The van der Waals surface area contributed by atoms with Crippen LogP contribution in [0, 0.1) is 0 Å². The smallest absolute Gasteiger partial charge is 0.332 e. The van der Waals surface area contributed by atoms with E-state index in [0.717, 1.165) is 0 Å². The number of hydrogen-bond acceptors (Lipinski definition) is 4. The number of hydrazone groups is 1. The number of nitrogens with zero attached hydrogens (tertiary/aromatic N) is 2. The highest BCUT2D eigenvalue weighted by molar-refractivity contribution is 5.79. The van der Waals surface area contributed by atoms with Gasteiger partial charge in [0.15, 0.2) is 0 Å². The third kappa shape index (κ3) is 3.10. The molecule has 6 heteroatoms. The van der Waals surface area contributed by atoms with Gasteiger partial charge in [0.25, 0.3) is 0 Å². The lowest BCUT2D eigenvalue weighted by molar-refractivity contribution is 0.249. The van der Waals surface area contributed by atoms with Crippen LogP contribution in [0.2, 0.25) is 0 Å². The van der Waals surface area contributed by atoms with Gasteiger partial charge >= 0.3 is 6.03 Å². The second-order valence-corrected chi connectivity index (χ2v) is 2.35. The number of urea groups is 1. The molecule has 0 aliphatic carbocycles. The van der Waals surface area contributed by atoms with Crippen molar-refractivity contribution in [2.24, 2.45) is 10.8 Å². The molecule has 74 valence electrons. The summed E-state index contributed by atoms with van der Waals surface area (Å²) in [6.07, 6.45) is 2.94. The van der Waals surface area contributed by atoms with E-state index in [1.807, 2.05) is 0 Å². The molecule has 0 saturated carbocycles. The van der Waals surface area contributed by atoms with Crippen molar-refractivity contribution >= 4 is 12.2 Å². The maximum Gasteiger partial charge on any atom is 0.332 e. The molecule has 0 aliphatic rings. The van der Waals surface area contributed by atoms with E-state index in [1.54, 1.807) is 25.4 Å². The summed E-state index contributed by atoms with van der Waals surface area (Å²) in [7, 11) is 1.55. The molecule has 0 radical (unpaired) electrons. The fraction of sp³-hybridized carbons (Fsp3) is 0.125. The van der Waals surface area contributed by atoms with Crippen LogP contribution in [0.15, 0.2) is 23.4 Å². The molecule has 1 aromatic heterocycles. The van der Waals surface area contributed by atoms with Gasteiger partial charge in [0.05, 0.1) is 19.0 Å². The van der Waals surface area contributed by atoms with Crippen LogP contribution in [0.3, 0.4) is 0 Å². The monoisotopic (exact) mass is 194 g/mol. The van der Waals surface area contributed by atoms with Gasteiger partial charge in [-0.25, -0.2) is 10.2 Å². The lowest BCUT2D eigenvalue weighted by Crippen LogP contribution is -2.24. The quantitative estimate of drug-likeness (QED) is 0.528. The van der Waals surface area contributed by atoms with E-state index in [-0.39, 0.29) is 0 Å². The summed E-state index contributed by atoms with van der Waals surface area (Å²) >= 11 is 0. The first-order valence-electron chi connectivity index (χ1n) is 3.81. The van der Waals surface area contributed by atoms with Crippen molar-refractivity contribution in [3.05, 3.63) is 24.0 Å². The van der Waals surface area contributed by atoms with Crippen LogP contribution in [0.25, 0.3) is 0 Å². The number of ether oxygens (including phenoxy) is 1. The van der Waals surface area contributed by atoms with Crippen molar-refractivity contribution in [3.63, 3.8) is 0 Å². The summed E-state index contributed by atoms with van der Waals surface area (Å²) in [5, 5.41) is 3.55. The molecule has 6 nitrogen and oxygen atoms in total. The summed E-state index contributed by atoms with van der Waals surface area (Å²) < 4.78 is 4.97. The number of methoxy groups -OCH3 is 1. The predicted molar refractivity (Wildman–Crippen MR) is 51.1 cm³/mol. The molecule has 1 heterocycles. The molecule has 0 saturated heterocycles. The standard InChI is InChI=1S/C8H10N4O2/c1-14-7-2-3-10-6(4-7)5-11-12-8(9)13/h2-5H,1H3,(H3,9,12,13). The molecule has 0 aromatic carbocycles. The Morgan fingerprint density at radius 1 is 1.79 bits per heavy atom. The topological polar surface area (TPSA) is 89.6 Å². The van der Waals surface area contributed by atoms with E-state index >= 15 is 0 Å². The number of amides is 2. The van der Waals surface area contributed by atoms with E-state index in [1.165, 1.54) is 6.21 Å². The number of primary amides is 1. The molecule has 0 atom stereocenters. The molecule has 1 rings (SSSR count). The van der Waals surface area contributed by atoms with Gasteiger partial charge < -0.3 is 10.5 Å². The summed E-state index contributed by atoms with van der Waals surface area (Å²) in [6.45, 7) is 0. The number of nitrogens with two attached hydrogens (primary N) is 1. The molecule has 0 unspecified atom stereocenters. The lowest BCUT2D eigenvalue weighted by Gasteiger charge is -1.98. The minimum atomic E-state index is -0.718. The highest BCUT2D eigenvalue weighted by Gasteiger charge is 1.93. The third-order valence-electron chi connectivity index (χ3n) is 1.36. The molecule has 0 spiro atoms. The van der Waals surface area contributed by atoms with Crippen molar-refractivity contribution in [3.8, 4) is 5.75 Å². The SMILES string of the molecule is COc1ccnc(C=NNC(N)=O)c1. The molecule has 0 aliphatic heterocycles. The average Bonchev–Trinajstić information content (AvgIpc) is 2.18. The maximum absolute atomic E-state index is 10.3. The fourth-order valence-electron chi connectivity index (χ4n) is 0.788. The highest BCUT2D eigenvalue weighted by atomic mass is 16.5. The number of rotatable bonds is 3. The summed E-state index contributed by atoms with van der Waals surface area (Å²) in [6, 6.07) is 2.66. The predicted octanol–water partition coefficient (Wildman–Crippen LogP) is 0.0924. The van der Waals surface area contributed by atoms with E-state index in [2.05, 4.69) is 15.5 Å². The Morgan fingerprint density at radius 2 is 2.57 bits per heavy atom. The van der Waals surface area contributed by atoms with Crippen LogP contribution in [0.1, 0.15) is 5.69 Å². The summed E-state index contributed by atoms with van der Waals surface area (Å²) in [5.41, 5.74) is 7.43. The van der Waals surface area contributed by atoms with Gasteiger partial charge in [-0.2, -0.15) is 5.10 Å². The summed E-state index contributed by atoms with van der Waals surface area (Å²) in [4.78, 5) is 14.2. The van der Waals surface area contributed by atoms with Crippen LogP contribution in [-0.4, -0.2) is 24.3 Å². The van der Waals surface area contributed by atoms with Gasteiger partial charge in [-0.05, 0) is 6.07 Å². The van der Waals surface area contributed by atoms with E-state index in [4.69, 9.17) is 10.5 Å². The number of carbonyl (C=O) groups is 1. The molecule has 1 aromatic rings. The van der Waals surface area contributed by atoms with Crippen LogP contribution in [-0.2, 0) is 0 Å². The first-order valence-corrected chi connectivity index (χ1v) is 3.81. The largest absolute Gasteiger partial charge is 0.497 e. The van der Waals surface area contributed by atoms with Crippen LogP contribution in [0.5, 0.6) is 5.75 Å². The minimum Gasteiger partial charge on any atom is -0.497 e. The molecule has 0 bridgehead atoms. The molecular formula is C8H10N4O2.